The number of rotatable bonds is 5. The van der Waals surface area contributed by atoms with Crippen LogP contribution in [-0.2, 0) is 11.2 Å². The van der Waals surface area contributed by atoms with E-state index in [0.29, 0.717) is 41.4 Å². The number of anilines is 1. The van der Waals surface area contributed by atoms with Gasteiger partial charge in [-0.3, -0.25) is 9.59 Å². The molecule has 2 saturated heterocycles. The summed E-state index contributed by atoms with van der Waals surface area (Å²) in [5, 5.41) is 14.9. The van der Waals surface area contributed by atoms with Crippen molar-refractivity contribution in [3.63, 3.8) is 0 Å². The highest BCUT2D eigenvalue weighted by atomic mass is 35.5. The van der Waals surface area contributed by atoms with Gasteiger partial charge in [0.2, 0.25) is 0 Å². The minimum absolute atomic E-state index is 0.0150. The third kappa shape index (κ3) is 6.68. The van der Waals surface area contributed by atoms with Crippen LogP contribution < -0.4 is 21.1 Å². The van der Waals surface area contributed by atoms with Gasteiger partial charge in [0, 0.05) is 57.1 Å². The monoisotopic (exact) mass is 565 g/mol. The molecule has 0 bridgehead atoms. The van der Waals surface area contributed by atoms with Gasteiger partial charge in [-0.25, -0.2) is 19.5 Å². The van der Waals surface area contributed by atoms with Gasteiger partial charge in [0.25, 0.3) is 5.56 Å². The maximum Gasteiger partial charge on any atom is 0.272 e. The quantitative estimate of drug-likeness (QED) is 0.247. The Labute approximate surface area is 234 Å². The first kappa shape index (κ1) is 27.8. The number of halogens is 2. The van der Waals surface area contributed by atoms with E-state index in [2.05, 4.69) is 35.7 Å². The van der Waals surface area contributed by atoms with Crippen molar-refractivity contribution in [1.82, 2.24) is 30.8 Å². The lowest BCUT2D eigenvalue weighted by Gasteiger charge is -2.29. The third-order valence-electron chi connectivity index (χ3n) is 6.69. The van der Waals surface area contributed by atoms with Crippen molar-refractivity contribution in [2.45, 2.75) is 12.5 Å². The Morgan fingerprint density at radius 2 is 1.85 bits per heavy atom. The molecule has 208 valence electrons. The van der Waals surface area contributed by atoms with Crippen LogP contribution in [-0.4, -0.2) is 72.3 Å². The van der Waals surface area contributed by atoms with Gasteiger partial charge in [0.05, 0.1) is 23.3 Å². The van der Waals surface area contributed by atoms with E-state index >= 15 is 0 Å². The van der Waals surface area contributed by atoms with Crippen molar-refractivity contribution in [3.05, 3.63) is 92.5 Å². The van der Waals surface area contributed by atoms with Gasteiger partial charge in [-0.05, 0) is 23.8 Å². The summed E-state index contributed by atoms with van der Waals surface area (Å²) in [6, 6.07) is 13.3. The van der Waals surface area contributed by atoms with E-state index in [1.807, 2.05) is 18.2 Å². The average molecular weight is 566 g/mol. The molecule has 1 unspecified atom stereocenters. The summed E-state index contributed by atoms with van der Waals surface area (Å²) in [5.74, 6) is 1.02. The molecule has 0 aliphatic carbocycles. The molecular formula is C28H29ClFN7O3. The van der Waals surface area contributed by atoms with Crippen LogP contribution in [0, 0.1) is 5.82 Å². The third-order valence-corrected chi connectivity index (χ3v) is 6.88. The minimum Gasteiger partial charge on any atom is -0.368 e. The van der Waals surface area contributed by atoms with Crippen molar-refractivity contribution >= 4 is 34.5 Å². The predicted octanol–water partition coefficient (Wildman–Crippen LogP) is 2.67. The number of piperazine rings is 1. The number of nitrogens with zero attached hydrogens (tertiary/aromatic N) is 4. The summed E-state index contributed by atoms with van der Waals surface area (Å²) in [6.07, 6.45) is 0.782. The number of aromatic nitrogens is 4. The summed E-state index contributed by atoms with van der Waals surface area (Å²) < 4.78 is 19.0. The first-order chi connectivity index (χ1) is 19.5. The summed E-state index contributed by atoms with van der Waals surface area (Å²) in [4.78, 5) is 33.6. The van der Waals surface area contributed by atoms with E-state index in [-0.39, 0.29) is 17.2 Å². The highest BCUT2D eigenvalue weighted by Gasteiger charge is 2.21. The number of hydrogen-bond acceptors (Lipinski definition) is 9. The number of carbonyl (C=O) groups excluding carboxylic acids is 1. The number of H-pyrrole nitrogens is 1. The van der Waals surface area contributed by atoms with E-state index in [1.165, 1.54) is 12.1 Å². The largest absolute Gasteiger partial charge is 0.368 e. The summed E-state index contributed by atoms with van der Waals surface area (Å²) in [5.41, 5.74) is 1.19. The standard InChI is InChI=1S/C16H11FN2O2.C12H18ClN5O/c17-14-6-5-10(7-11(14)9-20)8-15-12-3-1-2-4-13(12)16(21)19-18-15;13-10-7-11(18-4-1-14-2-5-18)17-12(16-10)9-8-15-3-6-19-9/h1-7,9H,8H2,(H,19,21);7,9,14-15H,1-6,8H2. The smallest absolute Gasteiger partial charge is 0.272 e. The molecular weight excluding hydrogens is 537 g/mol. The van der Waals surface area contributed by atoms with Crippen LogP contribution in [0.1, 0.15) is 33.5 Å². The lowest BCUT2D eigenvalue weighted by atomic mass is 10.0. The molecule has 0 spiro atoms. The number of hydrogen-bond donors (Lipinski definition) is 3. The van der Waals surface area contributed by atoms with E-state index in [1.54, 1.807) is 18.2 Å². The van der Waals surface area contributed by atoms with Crippen LogP contribution >= 0.6 is 11.6 Å². The molecule has 6 rings (SSSR count). The number of carbonyl (C=O) groups is 1. The molecule has 2 aromatic heterocycles. The van der Waals surface area contributed by atoms with Gasteiger partial charge in [0.1, 0.15) is 22.9 Å². The zero-order valence-corrected chi connectivity index (χ0v) is 22.5. The Hall–Kier alpha value is -3.77. The number of aldehydes is 1. The number of aromatic amines is 1. The second-order valence-corrected chi connectivity index (χ2v) is 9.79. The van der Waals surface area contributed by atoms with Crippen LogP contribution in [0.15, 0.2) is 53.3 Å². The molecule has 4 heterocycles. The average Bonchev–Trinajstić information content (AvgIpc) is 3.00. The molecule has 2 aliphatic heterocycles. The Morgan fingerprint density at radius 3 is 2.60 bits per heavy atom. The second-order valence-electron chi connectivity index (χ2n) is 9.40. The van der Waals surface area contributed by atoms with E-state index in [9.17, 15) is 14.0 Å². The van der Waals surface area contributed by atoms with Gasteiger partial charge < -0.3 is 20.3 Å². The van der Waals surface area contributed by atoms with Crippen LogP contribution in [0.3, 0.4) is 0 Å². The van der Waals surface area contributed by atoms with Crippen molar-refractivity contribution in [2.75, 3.05) is 50.8 Å². The highest BCUT2D eigenvalue weighted by molar-refractivity contribution is 6.29. The minimum atomic E-state index is -0.548. The molecule has 40 heavy (non-hydrogen) atoms. The Kier molecular flexibility index (Phi) is 9.07. The molecule has 4 aromatic rings. The van der Waals surface area contributed by atoms with E-state index in [0.717, 1.165) is 56.0 Å². The van der Waals surface area contributed by atoms with Crippen LogP contribution in [0.2, 0.25) is 5.15 Å². The van der Waals surface area contributed by atoms with Crippen LogP contribution in [0.5, 0.6) is 0 Å². The Morgan fingerprint density at radius 1 is 1.05 bits per heavy atom. The fourth-order valence-corrected chi connectivity index (χ4v) is 4.83. The van der Waals surface area contributed by atoms with Crippen molar-refractivity contribution in [2.24, 2.45) is 0 Å². The molecule has 2 fully saturated rings. The predicted molar refractivity (Wildman–Crippen MR) is 151 cm³/mol. The van der Waals surface area contributed by atoms with Crippen LogP contribution in [0.25, 0.3) is 10.8 Å². The molecule has 2 aromatic carbocycles. The second kappa shape index (κ2) is 13.1. The number of benzene rings is 2. The lowest BCUT2D eigenvalue weighted by molar-refractivity contribution is 0.0222. The van der Waals surface area contributed by atoms with Gasteiger partial charge in [-0.15, -0.1) is 0 Å². The maximum absolute atomic E-state index is 13.3. The maximum atomic E-state index is 13.3. The first-order valence-corrected chi connectivity index (χ1v) is 13.4. The van der Waals surface area contributed by atoms with Crippen molar-refractivity contribution in [1.29, 1.82) is 0 Å². The molecule has 1 atom stereocenters. The molecule has 0 saturated carbocycles. The summed E-state index contributed by atoms with van der Waals surface area (Å²) in [6.45, 7) is 6.12. The fourth-order valence-electron chi connectivity index (χ4n) is 4.65. The molecule has 2 aliphatic rings. The van der Waals surface area contributed by atoms with Crippen LogP contribution in [0.4, 0.5) is 10.2 Å². The van der Waals surface area contributed by atoms with Gasteiger partial charge >= 0.3 is 0 Å². The molecule has 12 heteroatoms. The fraction of sp³-hybridized carbons (Fsp3) is 0.321. The summed E-state index contributed by atoms with van der Waals surface area (Å²) >= 11 is 6.12. The summed E-state index contributed by atoms with van der Waals surface area (Å²) in [7, 11) is 0. The number of nitrogens with one attached hydrogen (secondary N) is 3. The van der Waals surface area contributed by atoms with Crippen molar-refractivity contribution < 1.29 is 13.9 Å². The van der Waals surface area contributed by atoms with Gasteiger partial charge in [0.15, 0.2) is 12.1 Å². The molecule has 10 nitrogen and oxygen atoms in total. The van der Waals surface area contributed by atoms with E-state index in [4.69, 9.17) is 16.3 Å². The molecule has 0 amide bonds. The first-order valence-electron chi connectivity index (χ1n) is 13.0. The Balaban J connectivity index is 0.000000162. The zero-order valence-electron chi connectivity index (χ0n) is 21.7. The highest BCUT2D eigenvalue weighted by Crippen LogP contribution is 2.22. The van der Waals surface area contributed by atoms with E-state index < -0.39 is 5.82 Å². The molecule has 3 N–H and O–H groups in total. The normalized spacial score (nSPS) is 17.2. The zero-order chi connectivity index (χ0) is 27.9. The number of ether oxygens (including phenoxy) is 1. The number of fused-ring (bicyclic) bond motifs is 1. The van der Waals surface area contributed by atoms with Gasteiger partial charge in [-0.1, -0.05) is 35.9 Å². The van der Waals surface area contributed by atoms with Gasteiger partial charge in [-0.2, -0.15) is 5.10 Å². The lowest BCUT2D eigenvalue weighted by Crippen LogP contribution is -2.44. The topological polar surface area (TPSA) is 125 Å². The number of morpholine rings is 1. The van der Waals surface area contributed by atoms with Crippen molar-refractivity contribution in [3.8, 4) is 0 Å². The SMILES string of the molecule is Clc1cc(N2CCNCC2)nc(C2CNCCO2)n1.O=Cc1cc(Cc2n[nH]c(=O)c3ccccc23)ccc1F. The molecule has 0 radical (unpaired) electrons. The Bertz CT molecular complexity index is 1500.